The lowest BCUT2D eigenvalue weighted by atomic mass is 9.96. The fraction of sp³-hybridized carbons (Fsp3) is 0.133. The van der Waals surface area contributed by atoms with Gasteiger partial charge < -0.3 is 13.9 Å². The third-order valence-electron chi connectivity index (χ3n) is 6.13. The molecule has 1 atom stereocenters. The molecule has 41 heavy (non-hydrogen) atoms. The molecule has 11 heteroatoms. The van der Waals surface area contributed by atoms with Crippen molar-refractivity contribution in [3.63, 3.8) is 0 Å². The molecule has 0 unspecified atom stereocenters. The maximum Gasteiger partial charge on any atom is 0.338 e. The molecule has 208 valence electrons. The summed E-state index contributed by atoms with van der Waals surface area (Å²) in [4.78, 5) is 43.3. The summed E-state index contributed by atoms with van der Waals surface area (Å²) in [7, 11) is 0. The van der Waals surface area contributed by atoms with E-state index in [1.807, 2.05) is 0 Å². The number of thiazole rings is 1. The highest BCUT2D eigenvalue weighted by molar-refractivity contribution is 7.07. The number of esters is 2. The Bertz CT molecular complexity index is 1900. The van der Waals surface area contributed by atoms with E-state index >= 15 is 0 Å². The van der Waals surface area contributed by atoms with Gasteiger partial charge in [0.15, 0.2) is 4.80 Å². The Labute approximate surface area is 248 Å². The predicted molar refractivity (Wildman–Crippen MR) is 157 cm³/mol. The van der Waals surface area contributed by atoms with E-state index in [0.717, 1.165) is 0 Å². The molecule has 0 N–H and O–H groups in total. The number of ether oxygens (including phenoxy) is 2. The normalized spacial score (nSPS) is 14.8. The molecule has 0 saturated carbocycles. The zero-order chi connectivity index (χ0) is 29.3. The lowest BCUT2D eigenvalue weighted by Gasteiger charge is -2.24. The zero-order valence-corrected chi connectivity index (χ0v) is 24.2. The van der Waals surface area contributed by atoms with Crippen LogP contribution in [0.4, 0.5) is 0 Å². The SMILES string of the molecule is C=CCOC(=O)C1=C(C)N=c2s/c(=C\c3ccc(-c4ccc(Cl)cc4Cl)o3)c(=O)n2[C@@H]1c1ccc(OC(C)=O)cc1. The molecule has 3 heterocycles. The van der Waals surface area contributed by atoms with E-state index in [2.05, 4.69) is 11.6 Å². The Morgan fingerprint density at radius 1 is 1.15 bits per heavy atom. The van der Waals surface area contributed by atoms with Crippen LogP contribution in [0.25, 0.3) is 17.4 Å². The molecule has 0 spiro atoms. The van der Waals surface area contributed by atoms with Crippen LogP contribution in [-0.4, -0.2) is 23.1 Å². The largest absolute Gasteiger partial charge is 0.458 e. The molecule has 8 nitrogen and oxygen atoms in total. The Morgan fingerprint density at radius 2 is 1.90 bits per heavy atom. The van der Waals surface area contributed by atoms with E-state index in [1.54, 1.807) is 67.6 Å². The second kappa shape index (κ2) is 11.7. The summed E-state index contributed by atoms with van der Waals surface area (Å²) in [6, 6.07) is 14.3. The summed E-state index contributed by atoms with van der Waals surface area (Å²) in [5.74, 6) is 0.193. The van der Waals surface area contributed by atoms with E-state index in [-0.39, 0.29) is 17.7 Å². The number of hydrogen-bond acceptors (Lipinski definition) is 8. The molecule has 0 radical (unpaired) electrons. The fourth-order valence-corrected chi connectivity index (χ4v) is 5.92. The van der Waals surface area contributed by atoms with E-state index in [0.29, 0.717) is 53.5 Å². The monoisotopic (exact) mass is 608 g/mol. The van der Waals surface area contributed by atoms with Crippen LogP contribution in [-0.2, 0) is 14.3 Å². The van der Waals surface area contributed by atoms with Gasteiger partial charge in [-0.15, -0.1) is 0 Å². The third-order valence-corrected chi connectivity index (χ3v) is 7.66. The maximum atomic E-state index is 13.8. The summed E-state index contributed by atoms with van der Waals surface area (Å²) in [6.07, 6.45) is 3.08. The van der Waals surface area contributed by atoms with Gasteiger partial charge in [0.05, 0.1) is 26.9 Å². The summed E-state index contributed by atoms with van der Waals surface area (Å²) < 4.78 is 18.3. The smallest absolute Gasteiger partial charge is 0.338 e. The number of fused-ring (bicyclic) bond motifs is 1. The van der Waals surface area contributed by atoms with Crippen LogP contribution in [0.2, 0.25) is 10.0 Å². The van der Waals surface area contributed by atoms with E-state index < -0.39 is 18.0 Å². The van der Waals surface area contributed by atoms with Gasteiger partial charge in [0, 0.05) is 23.6 Å². The lowest BCUT2D eigenvalue weighted by Crippen LogP contribution is -2.39. The van der Waals surface area contributed by atoms with Crippen LogP contribution in [0.15, 0.2) is 92.7 Å². The number of carbonyl (C=O) groups is 2. The first kappa shape index (κ1) is 28.4. The van der Waals surface area contributed by atoms with Crippen LogP contribution in [0.1, 0.15) is 31.2 Å². The second-order valence-electron chi connectivity index (χ2n) is 8.96. The molecule has 1 aliphatic heterocycles. The average molecular weight is 609 g/mol. The fourth-order valence-electron chi connectivity index (χ4n) is 4.39. The minimum atomic E-state index is -0.836. The highest BCUT2D eigenvalue weighted by Gasteiger charge is 2.33. The van der Waals surface area contributed by atoms with Crippen molar-refractivity contribution in [1.29, 1.82) is 0 Å². The van der Waals surface area contributed by atoms with Crippen molar-refractivity contribution >= 4 is 52.6 Å². The van der Waals surface area contributed by atoms with Gasteiger partial charge in [-0.3, -0.25) is 14.2 Å². The first-order valence-corrected chi connectivity index (χ1v) is 13.9. The van der Waals surface area contributed by atoms with Gasteiger partial charge in [-0.2, -0.15) is 0 Å². The number of allylic oxidation sites excluding steroid dienone is 1. The maximum absolute atomic E-state index is 13.8. The third kappa shape index (κ3) is 5.83. The van der Waals surface area contributed by atoms with E-state index in [9.17, 15) is 14.4 Å². The number of halogens is 2. The number of furan rings is 1. The number of carbonyl (C=O) groups excluding carboxylic acids is 2. The van der Waals surface area contributed by atoms with Gasteiger partial charge in [-0.1, -0.05) is 59.3 Å². The number of aromatic nitrogens is 1. The van der Waals surface area contributed by atoms with Gasteiger partial charge in [0.1, 0.15) is 23.9 Å². The van der Waals surface area contributed by atoms with Crippen LogP contribution < -0.4 is 19.6 Å². The molecule has 5 rings (SSSR count). The highest BCUT2D eigenvalue weighted by atomic mass is 35.5. The molecule has 0 bridgehead atoms. The van der Waals surface area contributed by atoms with Crippen molar-refractivity contribution in [1.82, 2.24) is 4.57 Å². The minimum absolute atomic E-state index is 0.00337. The van der Waals surface area contributed by atoms with Crippen molar-refractivity contribution in [2.24, 2.45) is 4.99 Å². The number of hydrogen-bond donors (Lipinski definition) is 0. The molecule has 4 aromatic rings. The molecule has 0 aliphatic carbocycles. The predicted octanol–water partition coefficient (Wildman–Crippen LogP) is 5.46. The van der Waals surface area contributed by atoms with Gasteiger partial charge in [0.2, 0.25) is 0 Å². The summed E-state index contributed by atoms with van der Waals surface area (Å²) >= 11 is 13.5. The van der Waals surface area contributed by atoms with Gasteiger partial charge in [0.25, 0.3) is 5.56 Å². The van der Waals surface area contributed by atoms with Gasteiger partial charge in [-0.05, 0) is 55.0 Å². The Morgan fingerprint density at radius 3 is 2.59 bits per heavy atom. The van der Waals surface area contributed by atoms with E-state index in [4.69, 9.17) is 37.1 Å². The minimum Gasteiger partial charge on any atom is -0.458 e. The van der Waals surface area contributed by atoms with Crippen LogP contribution in [0, 0.1) is 0 Å². The van der Waals surface area contributed by atoms with Crippen LogP contribution in [0.3, 0.4) is 0 Å². The second-order valence-corrected chi connectivity index (χ2v) is 10.8. The van der Waals surface area contributed by atoms with Gasteiger partial charge in [-0.25, -0.2) is 9.79 Å². The zero-order valence-electron chi connectivity index (χ0n) is 21.9. The number of rotatable bonds is 7. The topological polar surface area (TPSA) is 100 Å². The molecule has 0 saturated heterocycles. The molecular formula is C30H22Cl2N2O6S. The summed E-state index contributed by atoms with van der Waals surface area (Å²) in [5, 5.41) is 0.939. The molecular weight excluding hydrogens is 587 g/mol. The Hall–Kier alpha value is -4.18. The van der Waals surface area contributed by atoms with Crippen molar-refractivity contribution in [2.75, 3.05) is 6.61 Å². The first-order chi connectivity index (χ1) is 19.7. The number of nitrogens with zero attached hydrogens (tertiary/aromatic N) is 2. The number of benzene rings is 2. The highest BCUT2D eigenvalue weighted by Crippen LogP contribution is 2.33. The van der Waals surface area contributed by atoms with Crippen LogP contribution >= 0.6 is 34.5 Å². The van der Waals surface area contributed by atoms with Crippen molar-refractivity contribution in [3.05, 3.63) is 120 Å². The lowest BCUT2D eigenvalue weighted by molar-refractivity contribution is -0.138. The van der Waals surface area contributed by atoms with Crippen molar-refractivity contribution < 1.29 is 23.5 Å². The Balaban J connectivity index is 1.61. The van der Waals surface area contributed by atoms with Crippen molar-refractivity contribution in [2.45, 2.75) is 19.9 Å². The van der Waals surface area contributed by atoms with Gasteiger partial charge >= 0.3 is 11.9 Å². The average Bonchev–Trinajstić information content (AvgIpc) is 3.50. The first-order valence-electron chi connectivity index (χ1n) is 12.3. The summed E-state index contributed by atoms with van der Waals surface area (Å²) in [5.41, 5.74) is 1.52. The Kier molecular flexibility index (Phi) is 8.12. The van der Waals surface area contributed by atoms with E-state index in [1.165, 1.54) is 28.9 Å². The molecule has 0 amide bonds. The molecule has 2 aromatic heterocycles. The molecule has 1 aliphatic rings. The van der Waals surface area contributed by atoms with Crippen LogP contribution in [0.5, 0.6) is 5.75 Å². The standard InChI is InChI=1S/C30H22Cl2N2O6S/c1-4-13-38-29(37)26-16(2)33-30-34(27(26)18-5-8-20(9-6-18)39-17(3)35)28(36)25(41-30)15-21-10-12-24(40-21)22-11-7-19(31)14-23(22)32/h4-12,14-15,27H,1,13H2,2-3H3/b25-15-/t27-/m1/s1. The molecule has 2 aromatic carbocycles. The summed E-state index contributed by atoms with van der Waals surface area (Å²) in [6.45, 7) is 6.58. The molecule has 0 fully saturated rings. The quantitative estimate of drug-likeness (QED) is 0.157. The van der Waals surface area contributed by atoms with Crippen molar-refractivity contribution in [3.8, 4) is 17.1 Å².